The molecule has 0 spiro atoms. The van der Waals surface area contributed by atoms with Crippen LogP contribution in [0.5, 0.6) is 0 Å². The molecule has 0 N–H and O–H groups in total. The number of benzene rings is 1. The van der Waals surface area contributed by atoms with Crippen LogP contribution in [0.4, 0.5) is 0 Å². The van der Waals surface area contributed by atoms with Crippen molar-refractivity contribution >= 4 is 17.3 Å². The van der Waals surface area contributed by atoms with Crippen LogP contribution in [0.2, 0.25) is 0 Å². The SMILES string of the molecule is CC(C)CCCC(C)[C@H]1CCC[C@H]2C3CC[C@H]4C[C@@H](OC(=S)c5ccccc5)CC[C@]4(C)C3CC[C@]12C. The summed E-state index contributed by atoms with van der Waals surface area (Å²) in [6.07, 6.45) is 18.6. The maximum Gasteiger partial charge on any atom is 0.191 e. The van der Waals surface area contributed by atoms with E-state index in [0.29, 0.717) is 22.0 Å². The number of ether oxygens (including phenoxy) is 1. The Labute approximate surface area is 233 Å². The van der Waals surface area contributed by atoms with Crippen LogP contribution in [-0.4, -0.2) is 11.2 Å². The molecule has 3 unspecified atom stereocenters. The van der Waals surface area contributed by atoms with Gasteiger partial charge in [0.15, 0.2) is 5.05 Å². The first-order chi connectivity index (χ1) is 17.7. The lowest BCUT2D eigenvalue weighted by Gasteiger charge is -2.64. The Kier molecular flexibility index (Phi) is 8.45. The van der Waals surface area contributed by atoms with Crippen molar-refractivity contribution in [3.05, 3.63) is 35.9 Å². The van der Waals surface area contributed by atoms with E-state index in [4.69, 9.17) is 17.0 Å². The smallest absolute Gasteiger partial charge is 0.191 e. The van der Waals surface area contributed by atoms with Crippen molar-refractivity contribution in [2.45, 2.75) is 124 Å². The average molecular weight is 523 g/mol. The second kappa shape index (κ2) is 11.3. The molecule has 0 amide bonds. The van der Waals surface area contributed by atoms with Crippen LogP contribution in [-0.2, 0) is 4.74 Å². The summed E-state index contributed by atoms with van der Waals surface area (Å²) >= 11 is 5.69. The quantitative estimate of drug-likeness (QED) is 0.329. The van der Waals surface area contributed by atoms with Gasteiger partial charge in [0, 0.05) is 5.56 Å². The van der Waals surface area contributed by atoms with Gasteiger partial charge in [0.1, 0.15) is 6.10 Å². The summed E-state index contributed by atoms with van der Waals surface area (Å²) in [6.45, 7) is 12.8. The number of hydrogen-bond acceptors (Lipinski definition) is 2. The highest BCUT2D eigenvalue weighted by atomic mass is 32.1. The Hall–Kier alpha value is -0.890. The van der Waals surface area contributed by atoms with Crippen LogP contribution in [0, 0.1) is 52.3 Å². The van der Waals surface area contributed by atoms with Gasteiger partial charge in [0.2, 0.25) is 0 Å². The molecule has 9 atom stereocenters. The molecule has 206 valence electrons. The van der Waals surface area contributed by atoms with E-state index in [1.807, 2.05) is 6.07 Å². The molecule has 1 aromatic rings. The second-order valence-corrected chi connectivity index (χ2v) is 15.1. The summed E-state index contributed by atoms with van der Waals surface area (Å²) in [5, 5.41) is 0.701. The number of fused-ring (bicyclic) bond motifs is 5. The number of hydrogen-bond donors (Lipinski definition) is 0. The van der Waals surface area contributed by atoms with Gasteiger partial charge in [-0.2, -0.15) is 0 Å². The molecule has 4 saturated carbocycles. The highest BCUT2D eigenvalue weighted by Crippen LogP contribution is 2.67. The van der Waals surface area contributed by atoms with E-state index in [0.717, 1.165) is 47.0 Å². The monoisotopic (exact) mass is 522 g/mol. The Balaban J connectivity index is 1.24. The van der Waals surface area contributed by atoms with Crippen LogP contribution in [0.25, 0.3) is 0 Å². The average Bonchev–Trinajstić information content (AvgIpc) is 2.88. The van der Waals surface area contributed by atoms with E-state index in [-0.39, 0.29) is 0 Å². The maximum absolute atomic E-state index is 6.43. The normalized spacial score (nSPS) is 40.3. The molecular formula is C35H54OS. The zero-order chi connectivity index (χ0) is 26.2. The van der Waals surface area contributed by atoms with Crippen molar-refractivity contribution in [3.8, 4) is 0 Å². The van der Waals surface area contributed by atoms with Crippen LogP contribution in [0.3, 0.4) is 0 Å². The van der Waals surface area contributed by atoms with E-state index >= 15 is 0 Å². The lowest BCUT2D eigenvalue weighted by atomic mass is 9.41. The van der Waals surface area contributed by atoms with E-state index < -0.39 is 0 Å². The van der Waals surface area contributed by atoms with Crippen molar-refractivity contribution in [1.29, 1.82) is 0 Å². The van der Waals surface area contributed by atoms with Crippen molar-refractivity contribution < 1.29 is 4.74 Å². The molecule has 4 aliphatic rings. The summed E-state index contributed by atoms with van der Waals surface area (Å²) in [5.74, 6) is 6.38. The Morgan fingerprint density at radius 2 is 1.62 bits per heavy atom. The highest BCUT2D eigenvalue weighted by molar-refractivity contribution is 7.80. The third-order valence-corrected chi connectivity index (χ3v) is 12.7. The molecule has 0 heterocycles. The summed E-state index contributed by atoms with van der Waals surface area (Å²) in [4.78, 5) is 0. The van der Waals surface area contributed by atoms with E-state index in [2.05, 4.69) is 58.9 Å². The van der Waals surface area contributed by atoms with Crippen molar-refractivity contribution in [1.82, 2.24) is 0 Å². The van der Waals surface area contributed by atoms with Gasteiger partial charge in [-0.25, -0.2) is 0 Å². The molecule has 0 aromatic heterocycles. The largest absolute Gasteiger partial charge is 0.480 e. The zero-order valence-electron chi connectivity index (χ0n) is 24.5. The summed E-state index contributed by atoms with van der Waals surface area (Å²) in [6, 6.07) is 10.3. The summed E-state index contributed by atoms with van der Waals surface area (Å²) < 4.78 is 6.43. The minimum absolute atomic E-state index is 0.307. The molecule has 0 saturated heterocycles. The Bertz CT molecular complexity index is 909. The van der Waals surface area contributed by atoms with Crippen molar-refractivity contribution in [3.63, 3.8) is 0 Å². The first-order valence-corrected chi connectivity index (χ1v) is 16.4. The van der Waals surface area contributed by atoms with Crippen molar-refractivity contribution in [2.24, 2.45) is 52.3 Å². The van der Waals surface area contributed by atoms with E-state index in [1.54, 1.807) is 0 Å². The summed E-state index contributed by atoms with van der Waals surface area (Å²) in [5.41, 5.74) is 2.16. The van der Waals surface area contributed by atoms with Gasteiger partial charge in [-0.15, -0.1) is 0 Å². The maximum atomic E-state index is 6.43. The first-order valence-electron chi connectivity index (χ1n) is 16.0. The van der Waals surface area contributed by atoms with Gasteiger partial charge in [-0.05, 0) is 122 Å². The third-order valence-electron chi connectivity index (χ3n) is 12.3. The third kappa shape index (κ3) is 5.44. The number of thiocarbonyl (C=S) groups is 1. The second-order valence-electron chi connectivity index (χ2n) is 14.7. The highest BCUT2D eigenvalue weighted by Gasteiger charge is 2.59. The lowest BCUT2D eigenvalue weighted by molar-refractivity contribution is -0.156. The predicted molar refractivity (Wildman–Crippen MR) is 161 cm³/mol. The molecule has 1 nitrogen and oxygen atoms in total. The molecule has 0 radical (unpaired) electrons. The Morgan fingerprint density at radius 1 is 0.892 bits per heavy atom. The molecule has 0 aliphatic heterocycles. The van der Waals surface area contributed by atoms with Crippen LogP contribution < -0.4 is 0 Å². The zero-order valence-corrected chi connectivity index (χ0v) is 25.3. The first kappa shape index (κ1) is 27.7. The van der Waals surface area contributed by atoms with Gasteiger partial charge in [0.25, 0.3) is 0 Å². The minimum Gasteiger partial charge on any atom is -0.480 e. The van der Waals surface area contributed by atoms with Gasteiger partial charge in [-0.3, -0.25) is 0 Å². The van der Waals surface area contributed by atoms with Gasteiger partial charge in [0.05, 0.1) is 0 Å². The fraction of sp³-hybridized carbons (Fsp3) is 0.800. The fourth-order valence-electron chi connectivity index (χ4n) is 10.3. The molecule has 2 heteroatoms. The van der Waals surface area contributed by atoms with Gasteiger partial charge < -0.3 is 4.74 Å². The minimum atomic E-state index is 0.307. The molecule has 1 aromatic carbocycles. The summed E-state index contributed by atoms with van der Waals surface area (Å²) in [7, 11) is 0. The molecule has 4 fully saturated rings. The van der Waals surface area contributed by atoms with E-state index in [9.17, 15) is 0 Å². The molecule has 4 aliphatic carbocycles. The Morgan fingerprint density at radius 3 is 2.38 bits per heavy atom. The van der Waals surface area contributed by atoms with E-state index in [1.165, 1.54) is 83.5 Å². The van der Waals surface area contributed by atoms with Crippen LogP contribution >= 0.6 is 12.2 Å². The topological polar surface area (TPSA) is 9.23 Å². The lowest BCUT2D eigenvalue weighted by Crippen LogP contribution is -2.57. The van der Waals surface area contributed by atoms with Gasteiger partial charge >= 0.3 is 0 Å². The van der Waals surface area contributed by atoms with Gasteiger partial charge in [-0.1, -0.05) is 90.6 Å². The fourth-order valence-corrected chi connectivity index (χ4v) is 10.6. The molecule has 37 heavy (non-hydrogen) atoms. The van der Waals surface area contributed by atoms with Crippen LogP contribution in [0.15, 0.2) is 30.3 Å². The number of rotatable bonds is 7. The molecule has 0 bridgehead atoms. The molecule has 5 rings (SSSR count). The standard InChI is InChI=1S/C35H54OS/c1-24(2)11-9-12-25(3)30-15-10-16-31-29-18-17-27-23-28(36-33(37)26-13-7-6-8-14-26)19-21-34(27,4)32(29)20-22-35(30,31)5/h6-8,13-14,24-25,27-32H,9-12,15-23H2,1-5H3/t25?,27-,28-,29?,30+,31-,32?,34-,35+/m0/s1. The van der Waals surface area contributed by atoms with Crippen molar-refractivity contribution in [2.75, 3.05) is 0 Å². The predicted octanol–water partition coefficient (Wildman–Crippen LogP) is 10.3. The molecular weight excluding hydrogens is 468 g/mol. The van der Waals surface area contributed by atoms with Crippen LogP contribution in [0.1, 0.15) is 124 Å².